The highest BCUT2D eigenvalue weighted by Gasteiger charge is 2.23. The number of hydrogen-bond donors (Lipinski definition) is 2. The molecule has 2 N–H and O–H groups in total. The molecule has 0 atom stereocenters. The number of rotatable bonds is 7. The summed E-state index contributed by atoms with van der Waals surface area (Å²) >= 11 is 0. The lowest BCUT2D eigenvalue weighted by atomic mass is 9.92. The molecule has 0 radical (unpaired) electrons. The lowest BCUT2D eigenvalue weighted by Crippen LogP contribution is -2.40. The predicted octanol–water partition coefficient (Wildman–Crippen LogP) is 4.81. The average Bonchev–Trinajstić information content (AvgIpc) is 3.21. The molecule has 0 bridgehead atoms. The van der Waals surface area contributed by atoms with Crippen molar-refractivity contribution in [2.24, 2.45) is 0 Å². The van der Waals surface area contributed by atoms with Crippen molar-refractivity contribution < 1.29 is 18.7 Å². The van der Waals surface area contributed by atoms with E-state index in [1.54, 1.807) is 24.8 Å². The summed E-state index contributed by atoms with van der Waals surface area (Å²) in [6, 6.07) is 14.2. The molecule has 0 aliphatic heterocycles. The summed E-state index contributed by atoms with van der Waals surface area (Å²) < 4.78 is 20.3. The molecule has 0 unspecified atom stereocenters. The Morgan fingerprint density at radius 2 is 1.79 bits per heavy atom. The number of anilines is 2. The Hall–Kier alpha value is -3.88. The topological polar surface area (TPSA) is 88.5 Å². The SMILES string of the molecule is CCN(CC(=O)Nc1cc(C(C)(C)C)nn1-c1ccc(OC)cc1)C(=O)Nc1cccc(F)c1. The molecular formula is C25H30FN5O3. The van der Waals surface area contributed by atoms with Gasteiger partial charge in [0.05, 0.1) is 18.5 Å². The van der Waals surface area contributed by atoms with Crippen LogP contribution >= 0.6 is 0 Å². The highest BCUT2D eigenvalue weighted by atomic mass is 19.1. The number of ether oxygens (including phenoxy) is 1. The summed E-state index contributed by atoms with van der Waals surface area (Å²) in [6.07, 6.45) is 0. The molecule has 1 aromatic heterocycles. The summed E-state index contributed by atoms with van der Waals surface area (Å²) in [5, 5.41) is 10.2. The zero-order valence-electron chi connectivity index (χ0n) is 20.1. The molecule has 3 rings (SSSR count). The lowest BCUT2D eigenvalue weighted by Gasteiger charge is -2.21. The van der Waals surface area contributed by atoms with Gasteiger partial charge in [-0.3, -0.25) is 4.79 Å². The molecule has 8 nitrogen and oxygen atoms in total. The Morgan fingerprint density at radius 1 is 1.09 bits per heavy atom. The van der Waals surface area contributed by atoms with Crippen molar-refractivity contribution in [1.82, 2.24) is 14.7 Å². The van der Waals surface area contributed by atoms with Gasteiger partial charge in [0.2, 0.25) is 5.91 Å². The van der Waals surface area contributed by atoms with Crippen molar-refractivity contribution in [1.29, 1.82) is 0 Å². The normalized spacial score (nSPS) is 11.1. The largest absolute Gasteiger partial charge is 0.497 e. The molecule has 0 fully saturated rings. The van der Waals surface area contributed by atoms with Gasteiger partial charge in [0.1, 0.15) is 23.9 Å². The molecule has 0 aliphatic rings. The van der Waals surface area contributed by atoms with Gasteiger partial charge in [-0.1, -0.05) is 26.8 Å². The van der Waals surface area contributed by atoms with E-state index in [2.05, 4.69) is 10.6 Å². The van der Waals surface area contributed by atoms with Gasteiger partial charge >= 0.3 is 6.03 Å². The van der Waals surface area contributed by atoms with Crippen LogP contribution in [0.3, 0.4) is 0 Å². The average molecular weight is 468 g/mol. The van der Waals surface area contributed by atoms with Crippen LogP contribution in [-0.4, -0.2) is 46.8 Å². The van der Waals surface area contributed by atoms with E-state index in [1.165, 1.54) is 23.1 Å². The van der Waals surface area contributed by atoms with Crippen molar-refractivity contribution >= 4 is 23.4 Å². The number of amides is 3. The molecule has 0 spiro atoms. The summed E-state index contributed by atoms with van der Waals surface area (Å²) in [4.78, 5) is 26.8. The number of nitrogens with zero attached hydrogens (tertiary/aromatic N) is 3. The Labute approximate surface area is 198 Å². The maximum Gasteiger partial charge on any atom is 0.322 e. The first-order chi connectivity index (χ1) is 16.1. The predicted molar refractivity (Wildman–Crippen MR) is 130 cm³/mol. The van der Waals surface area contributed by atoms with Gasteiger partial charge in [-0.2, -0.15) is 5.10 Å². The van der Waals surface area contributed by atoms with Crippen LogP contribution in [0.15, 0.2) is 54.6 Å². The first-order valence-corrected chi connectivity index (χ1v) is 11.0. The molecule has 0 aliphatic carbocycles. The molecule has 2 aromatic carbocycles. The molecular weight excluding hydrogens is 437 g/mol. The van der Waals surface area contributed by atoms with Crippen LogP contribution in [0.25, 0.3) is 5.69 Å². The van der Waals surface area contributed by atoms with Gasteiger partial charge in [-0.05, 0) is 49.4 Å². The fourth-order valence-electron chi connectivity index (χ4n) is 3.21. The number of nitrogens with one attached hydrogen (secondary N) is 2. The van der Waals surface area contributed by atoms with Crippen LogP contribution in [0, 0.1) is 5.82 Å². The van der Waals surface area contributed by atoms with E-state index in [0.717, 1.165) is 11.4 Å². The van der Waals surface area contributed by atoms with E-state index in [1.807, 2.05) is 51.1 Å². The number of urea groups is 1. The Balaban J connectivity index is 1.78. The fourth-order valence-corrected chi connectivity index (χ4v) is 3.21. The number of carbonyl (C=O) groups is 2. The van der Waals surface area contributed by atoms with Crippen molar-refractivity contribution in [2.45, 2.75) is 33.1 Å². The van der Waals surface area contributed by atoms with Crippen molar-refractivity contribution in [3.8, 4) is 11.4 Å². The minimum atomic E-state index is -0.498. The van der Waals surface area contributed by atoms with Crippen LogP contribution < -0.4 is 15.4 Å². The Morgan fingerprint density at radius 3 is 2.38 bits per heavy atom. The van der Waals surface area contributed by atoms with Crippen LogP contribution in [0.4, 0.5) is 20.7 Å². The van der Waals surface area contributed by atoms with Crippen LogP contribution in [0.2, 0.25) is 0 Å². The molecule has 0 saturated heterocycles. The van der Waals surface area contributed by atoms with E-state index >= 15 is 0 Å². The lowest BCUT2D eigenvalue weighted by molar-refractivity contribution is -0.116. The second-order valence-corrected chi connectivity index (χ2v) is 8.78. The monoisotopic (exact) mass is 467 g/mol. The number of benzene rings is 2. The molecule has 1 heterocycles. The smallest absolute Gasteiger partial charge is 0.322 e. The van der Waals surface area contributed by atoms with Gasteiger partial charge in [0.15, 0.2) is 0 Å². The second kappa shape index (κ2) is 10.4. The van der Waals surface area contributed by atoms with E-state index < -0.39 is 11.8 Å². The van der Waals surface area contributed by atoms with Crippen LogP contribution in [0.1, 0.15) is 33.4 Å². The molecule has 180 valence electrons. The summed E-state index contributed by atoms with van der Waals surface area (Å²) in [5.74, 6) is 0.355. The molecule has 9 heteroatoms. The fraction of sp³-hybridized carbons (Fsp3) is 0.320. The summed E-state index contributed by atoms with van der Waals surface area (Å²) in [7, 11) is 1.59. The number of halogens is 1. The summed E-state index contributed by atoms with van der Waals surface area (Å²) in [5.41, 5.74) is 1.63. The maximum absolute atomic E-state index is 13.4. The molecule has 3 amide bonds. The minimum Gasteiger partial charge on any atom is -0.497 e. The Kier molecular flexibility index (Phi) is 7.55. The molecule has 0 saturated carbocycles. The van der Waals surface area contributed by atoms with Crippen molar-refractivity contribution in [2.75, 3.05) is 30.8 Å². The van der Waals surface area contributed by atoms with Gasteiger partial charge in [0.25, 0.3) is 0 Å². The zero-order valence-corrected chi connectivity index (χ0v) is 20.1. The standard InChI is InChI=1S/C25H30FN5O3/c1-6-30(24(33)27-18-9-7-8-17(26)14-18)16-23(32)28-22-15-21(25(2,3)4)29-31(22)19-10-12-20(34-5)13-11-19/h7-15H,6,16H2,1-5H3,(H,27,33)(H,28,32). The van der Waals surface area contributed by atoms with Gasteiger partial charge in [-0.25, -0.2) is 13.9 Å². The van der Waals surface area contributed by atoms with E-state index in [0.29, 0.717) is 23.8 Å². The van der Waals surface area contributed by atoms with E-state index in [9.17, 15) is 14.0 Å². The van der Waals surface area contributed by atoms with Gasteiger partial charge in [-0.15, -0.1) is 0 Å². The maximum atomic E-state index is 13.4. The van der Waals surface area contributed by atoms with Crippen molar-refractivity contribution in [3.05, 3.63) is 66.1 Å². The first kappa shape index (κ1) is 24.8. The second-order valence-electron chi connectivity index (χ2n) is 8.78. The summed E-state index contributed by atoms with van der Waals surface area (Å²) in [6.45, 7) is 7.98. The number of aromatic nitrogens is 2. The Bertz CT molecular complexity index is 1150. The quantitative estimate of drug-likeness (QED) is 0.522. The van der Waals surface area contributed by atoms with Gasteiger partial charge in [0, 0.05) is 23.7 Å². The third-order valence-electron chi connectivity index (χ3n) is 5.14. The molecule has 3 aromatic rings. The van der Waals surface area contributed by atoms with E-state index in [4.69, 9.17) is 9.84 Å². The van der Waals surface area contributed by atoms with Crippen molar-refractivity contribution in [3.63, 3.8) is 0 Å². The number of methoxy groups -OCH3 is 1. The highest BCUT2D eigenvalue weighted by Crippen LogP contribution is 2.27. The third-order valence-corrected chi connectivity index (χ3v) is 5.14. The van der Waals surface area contributed by atoms with Crippen LogP contribution in [0.5, 0.6) is 5.75 Å². The first-order valence-electron chi connectivity index (χ1n) is 11.0. The minimum absolute atomic E-state index is 0.184. The highest BCUT2D eigenvalue weighted by molar-refractivity contribution is 5.96. The molecule has 34 heavy (non-hydrogen) atoms. The third kappa shape index (κ3) is 6.12. The number of carbonyl (C=O) groups excluding carboxylic acids is 2. The number of likely N-dealkylation sites (N-methyl/N-ethyl adjacent to an activating group) is 1. The van der Waals surface area contributed by atoms with Gasteiger partial charge < -0.3 is 20.3 Å². The van der Waals surface area contributed by atoms with Crippen LogP contribution in [-0.2, 0) is 10.2 Å². The zero-order chi connectivity index (χ0) is 24.9. The van der Waals surface area contributed by atoms with E-state index in [-0.39, 0.29) is 17.9 Å². The number of hydrogen-bond acceptors (Lipinski definition) is 4.